The number of halogens is 1. The zero-order valence-electron chi connectivity index (χ0n) is 9.16. The maximum atomic E-state index is 12.6. The maximum Gasteiger partial charge on any atom is 0.227 e. The molecule has 0 spiro atoms. The van der Waals surface area contributed by atoms with Crippen LogP contribution in [-0.2, 0) is 15.3 Å². The van der Waals surface area contributed by atoms with Crippen molar-refractivity contribution >= 4 is 0 Å². The van der Waals surface area contributed by atoms with Crippen molar-refractivity contribution < 1.29 is 13.9 Å². The Labute approximate surface area is 88.5 Å². The van der Waals surface area contributed by atoms with Gasteiger partial charge in [0.2, 0.25) is 5.79 Å². The first-order valence-electron chi connectivity index (χ1n) is 4.88. The predicted octanol–water partition coefficient (Wildman–Crippen LogP) is 1.86. The summed E-state index contributed by atoms with van der Waals surface area (Å²) in [5.41, 5.74) is 0. The quantitative estimate of drug-likeness (QED) is 0.702. The maximum absolute atomic E-state index is 12.6. The topological polar surface area (TPSA) is 44.2 Å². The van der Waals surface area contributed by atoms with Crippen LogP contribution in [0.5, 0.6) is 0 Å². The minimum absolute atomic E-state index is 0.326. The number of hydrogen-bond donors (Lipinski definition) is 0. The van der Waals surface area contributed by atoms with Crippen molar-refractivity contribution in [3.8, 4) is 0 Å². The van der Waals surface area contributed by atoms with Gasteiger partial charge in [-0.3, -0.25) is 0 Å². The molecule has 0 aliphatic heterocycles. The van der Waals surface area contributed by atoms with E-state index in [1.807, 2.05) is 13.8 Å². The number of hydrogen-bond acceptors (Lipinski definition) is 4. The van der Waals surface area contributed by atoms with E-state index in [2.05, 4.69) is 9.97 Å². The van der Waals surface area contributed by atoms with Crippen molar-refractivity contribution in [2.45, 2.75) is 26.6 Å². The van der Waals surface area contributed by atoms with Gasteiger partial charge in [-0.15, -0.1) is 0 Å². The zero-order chi connectivity index (χ0) is 11.3. The van der Waals surface area contributed by atoms with E-state index < -0.39 is 11.6 Å². The highest BCUT2D eigenvalue weighted by Crippen LogP contribution is 2.23. The lowest BCUT2D eigenvalue weighted by molar-refractivity contribution is -0.234. The molecule has 84 valence electrons. The van der Waals surface area contributed by atoms with Crippen LogP contribution in [0, 0.1) is 5.82 Å². The highest BCUT2D eigenvalue weighted by molar-refractivity contribution is 4.97. The molecule has 0 aliphatic carbocycles. The van der Waals surface area contributed by atoms with E-state index in [-0.39, 0.29) is 0 Å². The molecule has 0 radical (unpaired) electrons. The Kier molecular flexibility index (Phi) is 4.11. The molecule has 0 bridgehead atoms. The van der Waals surface area contributed by atoms with Crippen LogP contribution >= 0.6 is 0 Å². The summed E-state index contributed by atoms with van der Waals surface area (Å²) in [6, 6.07) is 0. The van der Waals surface area contributed by atoms with Crippen LogP contribution in [0.3, 0.4) is 0 Å². The molecule has 1 rings (SSSR count). The Morgan fingerprint density at radius 1 is 1.20 bits per heavy atom. The van der Waals surface area contributed by atoms with Gasteiger partial charge in [-0.2, -0.15) is 0 Å². The molecule has 15 heavy (non-hydrogen) atoms. The SMILES string of the molecule is CCOC(C)(OCC)c1ncc(F)cn1. The minimum atomic E-state index is -1.00. The van der Waals surface area contributed by atoms with Gasteiger partial charge in [-0.1, -0.05) is 0 Å². The van der Waals surface area contributed by atoms with Crippen LogP contribution in [-0.4, -0.2) is 23.2 Å². The molecule has 0 amide bonds. The molecule has 0 aliphatic rings. The first kappa shape index (κ1) is 12.0. The van der Waals surface area contributed by atoms with Gasteiger partial charge < -0.3 is 9.47 Å². The summed E-state index contributed by atoms with van der Waals surface area (Å²) in [4.78, 5) is 7.70. The van der Waals surface area contributed by atoms with E-state index in [0.717, 1.165) is 12.4 Å². The first-order valence-corrected chi connectivity index (χ1v) is 4.88. The molecular formula is C10H15FN2O2. The van der Waals surface area contributed by atoms with Crippen molar-refractivity contribution in [3.63, 3.8) is 0 Å². The summed E-state index contributed by atoms with van der Waals surface area (Å²) in [6.45, 7) is 6.35. The monoisotopic (exact) mass is 214 g/mol. The molecule has 0 saturated heterocycles. The molecular weight excluding hydrogens is 199 g/mol. The van der Waals surface area contributed by atoms with Gasteiger partial charge >= 0.3 is 0 Å². The fourth-order valence-corrected chi connectivity index (χ4v) is 1.27. The van der Waals surface area contributed by atoms with Crippen molar-refractivity contribution in [2.24, 2.45) is 0 Å². The third-order valence-electron chi connectivity index (χ3n) is 1.87. The predicted molar refractivity (Wildman–Crippen MR) is 52.6 cm³/mol. The average molecular weight is 214 g/mol. The van der Waals surface area contributed by atoms with E-state index in [1.54, 1.807) is 6.92 Å². The molecule has 0 saturated carbocycles. The van der Waals surface area contributed by atoms with Gasteiger partial charge in [0.15, 0.2) is 11.6 Å². The standard InChI is InChI=1S/C10H15FN2O2/c1-4-14-10(3,15-5-2)9-12-6-8(11)7-13-9/h6-7H,4-5H2,1-3H3. The molecule has 4 nitrogen and oxygen atoms in total. The second-order valence-electron chi connectivity index (χ2n) is 3.04. The molecule has 0 fully saturated rings. The van der Waals surface area contributed by atoms with Crippen LogP contribution in [0.25, 0.3) is 0 Å². The number of rotatable bonds is 5. The first-order chi connectivity index (χ1) is 7.12. The lowest BCUT2D eigenvalue weighted by Gasteiger charge is -2.27. The summed E-state index contributed by atoms with van der Waals surface area (Å²) < 4.78 is 23.5. The van der Waals surface area contributed by atoms with Gasteiger partial charge in [-0.25, -0.2) is 14.4 Å². The van der Waals surface area contributed by atoms with Gasteiger partial charge in [0.25, 0.3) is 0 Å². The summed E-state index contributed by atoms with van der Waals surface area (Å²) >= 11 is 0. The molecule has 1 aromatic rings. The Bertz CT molecular complexity index is 297. The van der Waals surface area contributed by atoms with E-state index in [4.69, 9.17) is 9.47 Å². The number of nitrogens with zero attached hydrogens (tertiary/aromatic N) is 2. The van der Waals surface area contributed by atoms with E-state index in [1.165, 1.54) is 0 Å². The molecule has 1 aromatic heterocycles. The van der Waals surface area contributed by atoms with Crippen molar-refractivity contribution in [3.05, 3.63) is 24.0 Å². The van der Waals surface area contributed by atoms with Crippen molar-refractivity contribution in [1.29, 1.82) is 0 Å². The second-order valence-corrected chi connectivity index (χ2v) is 3.04. The summed E-state index contributed by atoms with van der Waals surface area (Å²) in [6.07, 6.45) is 2.19. The fourth-order valence-electron chi connectivity index (χ4n) is 1.27. The third kappa shape index (κ3) is 2.94. The average Bonchev–Trinajstić information content (AvgIpc) is 2.19. The van der Waals surface area contributed by atoms with E-state index in [0.29, 0.717) is 19.0 Å². The number of aromatic nitrogens is 2. The van der Waals surface area contributed by atoms with Crippen LogP contribution in [0.1, 0.15) is 26.6 Å². The lowest BCUT2D eigenvalue weighted by atomic mass is 10.3. The molecule has 0 unspecified atom stereocenters. The minimum Gasteiger partial charge on any atom is -0.344 e. The zero-order valence-corrected chi connectivity index (χ0v) is 9.16. The molecule has 0 atom stereocenters. The van der Waals surface area contributed by atoms with Crippen LogP contribution in [0.4, 0.5) is 4.39 Å². The molecule has 0 N–H and O–H groups in total. The smallest absolute Gasteiger partial charge is 0.227 e. The van der Waals surface area contributed by atoms with E-state index >= 15 is 0 Å². The summed E-state index contributed by atoms with van der Waals surface area (Å²) in [5.74, 6) is -1.15. The Balaban J connectivity index is 2.92. The highest BCUT2D eigenvalue weighted by Gasteiger charge is 2.30. The Morgan fingerprint density at radius 3 is 2.07 bits per heavy atom. The van der Waals surface area contributed by atoms with Crippen molar-refractivity contribution in [1.82, 2.24) is 9.97 Å². The Hall–Kier alpha value is -1.07. The largest absolute Gasteiger partial charge is 0.344 e. The van der Waals surface area contributed by atoms with Crippen LogP contribution in [0.15, 0.2) is 12.4 Å². The van der Waals surface area contributed by atoms with Gasteiger partial charge in [0, 0.05) is 13.2 Å². The summed E-state index contributed by atoms with van der Waals surface area (Å²) in [7, 11) is 0. The second kappa shape index (κ2) is 5.14. The number of ether oxygens (including phenoxy) is 2. The Morgan fingerprint density at radius 2 is 1.67 bits per heavy atom. The molecule has 1 heterocycles. The molecule has 0 aromatic carbocycles. The highest BCUT2D eigenvalue weighted by atomic mass is 19.1. The van der Waals surface area contributed by atoms with Gasteiger partial charge in [0.1, 0.15) is 0 Å². The van der Waals surface area contributed by atoms with E-state index in [9.17, 15) is 4.39 Å². The lowest BCUT2D eigenvalue weighted by Crippen LogP contribution is -2.32. The molecule has 5 heteroatoms. The van der Waals surface area contributed by atoms with Crippen LogP contribution < -0.4 is 0 Å². The van der Waals surface area contributed by atoms with Crippen molar-refractivity contribution in [2.75, 3.05) is 13.2 Å². The van der Waals surface area contributed by atoms with Crippen LogP contribution in [0.2, 0.25) is 0 Å². The summed E-state index contributed by atoms with van der Waals surface area (Å²) in [5, 5.41) is 0. The van der Waals surface area contributed by atoms with Gasteiger partial charge in [0.05, 0.1) is 12.4 Å². The normalized spacial score (nSPS) is 11.7. The third-order valence-corrected chi connectivity index (χ3v) is 1.87. The fraction of sp³-hybridized carbons (Fsp3) is 0.600. The van der Waals surface area contributed by atoms with Gasteiger partial charge in [-0.05, 0) is 20.8 Å².